The van der Waals surface area contributed by atoms with Gasteiger partial charge in [-0.1, -0.05) is 34.5 Å². The van der Waals surface area contributed by atoms with E-state index in [1.807, 2.05) is 6.92 Å². The minimum Gasteiger partial charge on any atom is -0.482 e. The largest absolute Gasteiger partial charge is 0.482 e. The monoisotopic (exact) mass is 460 g/mol. The summed E-state index contributed by atoms with van der Waals surface area (Å²) in [6, 6.07) is 4.13. The maximum absolute atomic E-state index is 12.6. The lowest BCUT2D eigenvalue weighted by Crippen LogP contribution is -2.58. The molecule has 0 spiro atoms. The third-order valence-corrected chi connectivity index (χ3v) is 4.95. The number of halogens is 2. The lowest BCUT2D eigenvalue weighted by atomic mass is 10.1. The van der Waals surface area contributed by atoms with Gasteiger partial charge in [0.1, 0.15) is 11.8 Å². The molecule has 2 rings (SSSR count). The molecule has 1 aromatic rings. The van der Waals surface area contributed by atoms with E-state index in [0.717, 1.165) is 4.47 Å². The maximum atomic E-state index is 12.6. The second-order valence-corrected chi connectivity index (χ2v) is 7.49. The Hall–Kier alpha value is -1.80. The van der Waals surface area contributed by atoms with Gasteiger partial charge >= 0.3 is 5.97 Å². The number of piperazine rings is 1. The Kier molecular flexibility index (Phi) is 7.91. The van der Waals surface area contributed by atoms with Crippen molar-refractivity contribution in [3.05, 3.63) is 27.7 Å². The summed E-state index contributed by atoms with van der Waals surface area (Å²) in [6.07, 6.45) is 0.241. The Balaban J connectivity index is 2.00. The molecule has 1 N–H and O–H groups in total. The van der Waals surface area contributed by atoms with E-state index in [-0.39, 0.29) is 25.0 Å². The molecule has 0 aliphatic carbocycles. The van der Waals surface area contributed by atoms with Crippen molar-refractivity contribution in [2.24, 2.45) is 0 Å². The lowest BCUT2D eigenvalue weighted by Gasteiger charge is -2.34. The van der Waals surface area contributed by atoms with Crippen LogP contribution in [0.15, 0.2) is 22.7 Å². The summed E-state index contributed by atoms with van der Waals surface area (Å²) < 4.78 is 11.5. The molecule has 1 aromatic carbocycles. The molecule has 1 aliphatic heterocycles. The Morgan fingerprint density at radius 2 is 2.19 bits per heavy atom. The molecule has 1 heterocycles. The number of amides is 2. The molecular formula is C18H22BrClN2O5. The lowest BCUT2D eigenvalue weighted by molar-refractivity contribution is -0.155. The molecule has 0 saturated carbocycles. The van der Waals surface area contributed by atoms with Crippen LogP contribution < -0.4 is 10.1 Å². The van der Waals surface area contributed by atoms with Crippen molar-refractivity contribution in [3.8, 4) is 5.75 Å². The highest BCUT2D eigenvalue weighted by molar-refractivity contribution is 9.10. The van der Waals surface area contributed by atoms with Crippen LogP contribution in [-0.4, -0.2) is 54.5 Å². The summed E-state index contributed by atoms with van der Waals surface area (Å²) in [5, 5.41) is 3.03. The number of hydrogen-bond acceptors (Lipinski definition) is 5. The molecule has 148 valence electrons. The fourth-order valence-electron chi connectivity index (χ4n) is 2.54. The van der Waals surface area contributed by atoms with Gasteiger partial charge in [0.15, 0.2) is 6.61 Å². The first kappa shape index (κ1) is 21.5. The van der Waals surface area contributed by atoms with E-state index >= 15 is 0 Å². The molecule has 2 atom stereocenters. The van der Waals surface area contributed by atoms with Crippen molar-refractivity contribution in [2.75, 3.05) is 19.7 Å². The first-order valence-electron chi connectivity index (χ1n) is 8.66. The van der Waals surface area contributed by atoms with Crippen LogP contribution in [-0.2, 0) is 19.1 Å². The molecule has 1 fully saturated rings. The quantitative estimate of drug-likeness (QED) is 0.631. The Morgan fingerprint density at radius 1 is 1.44 bits per heavy atom. The molecule has 1 saturated heterocycles. The zero-order valence-corrected chi connectivity index (χ0v) is 17.5. The van der Waals surface area contributed by atoms with E-state index in [2.05, 4.69) is 21.2 Å². The van der Waals surface area contributed by atoms with Gasteiger partial charge < -0.3 is 19.7 Å². The van der Waals surface area contributed by atoms with Gasteiger partial charge in [-0.3, -0.25) is 14.4 Å². The Labute approximate surface area is 171 Å². The fraction of sp³-hybridized carbons (Fsp3) is 0.500. The molecule has 0 radical (unpaired) electrons. The maximum Gasteiger partial charge on any atom is 0.308 e. The topological polar surface area (TPSA) is 84.9 Å². The third-order valence-electron chi connectivity index (χ3n) is 4.16. The summed E-state index contributed by atoms with van der Waals surface area (Å²) in [5.74, 6) is -0.925. The smallest absolute Gasteiger partial charge is 0.308 e. The second-order valence-electron chi connectivity index (χ2n) is 6.17. The number of esters is 1. The fourth-order valence-corrected chi connectivity index (χ4v) is 3.27. The van der Waals surface area contributed by atoms with Crippen molar-refractivity contribution >= 4 is 45.3 Å². The number of ether oxygens (including phenoxy) is 2. The molecule has 1 aliphatic rings. The Bertz CT molecular complexity index is 715. The minimum absolute atomic E-state index is 0.193. The number of nitrogens with zero attached hydrogens (tertiary/aromatic N) is 1. The molecule has 2 unspecified atom stereocenters. The van der Waals surface area contributed by atoms with Gasteiger partial charge in [0.05, 0.1) is 17.5 Å². The minimum atomic E-state index is -0.910. The summed E-state index contributed by atoms with van der Waals surface area (Å²) >= 11 is 9.37. The summed E-state index contributed by atoms with van der Waals surface area (Å²) in [6.45, 7) is 4.00. The summed E-state index contributed by atoms with van der Waals surface area (Å²) in [4.78, 5) is 38.2. The highest BCUT2D eigenvalue weighted by Crippen LogP contribution is 2.27. The predicted molar refractivity (Wildman–Crippen MR) is 104 cm³/mol. The molecule has 7 nitrogen and oxygen atoms in total. The number of hydrogen-bond donors (Lipinski definition) is 1. The predicted octanol–water partition coefficient (Wildman–Crippen LogP) is 2.54. The third kappa shape index (κ3) is 6.10. The molecule has 0 bridgehead atoms. The number of carbonyl (C=O) groups is 3. The zero-order chi connectivity index (χ0) is 20.0. The van der Waals surface area contributed by atoms with Crippen molar-refractivity contribution in [1.82, 2.24) is 10.2 Å². The van der Waals surface area contributed by atoms with Crippen LogP contribution in [0, 0.1) is 0 Å². The van der Waals surface area contributed by atoms with Crippen molar-refractivity contribution < 1.29 is 23.9 Å². The number of benzene rings is 1. The van der Waals surface area contributed by atoms with Crippen molar-refractivity contribution in [1.29, 1.82) is 0 Å². The zero-order valence-electron chi connectivity index (χ0n) is 15.2. The molecule has 9 heteroatoms. The SMILES string of the molecule is CCC(C)OC(=O)CC1C(=O)NCCN1C(=O)COc1ccc(Br)cc1Cl. The van der Waals surface area contributed by atoms with Gasteiger partial charge in [-0.05, 0) is 31.5 Å². The van der Waals surface area contributed by atoms with Crippen LogP contribution >= 0.6 is 27.5 Å². The summed E-state index contributed by atoms with van der Waals surface area (Å²) in [7, 11) is 0. The van der Waals surface area contributed by atoms with E-state index in [4.69, 9.17) is 21.1 Å². The van der Waals surface area contributed by atoms with Gasteiger partial charge in [0.25, 0.3) is 5.91 Å². The second kappa shape index (κ2) is 9.94. The van der Waals surface area contributed by atoms with Crippen molar-refractivity contribution in [2.45, 2.75) is 38.8 Å². The van der Waals surface area contributed by atoms with Gasteiger partial charge in [-0.15, -0.1) is 0 Å². The van der Waals surface area contributed by atoms with Crippen LogP contribution in [0.2, 0.25) is 5.02 Å². The van der Waals surface area contributed by atoms with Crippen LogP contribution in [0.25, 0.3) is 0 Å². The molecular weight excluding hydrogens is 440 g/mol. The standard InChI is InChI=1S/C18H22BrClN2O5/c1-3-11(2)27-17(24)9-14-18(25)21-6-7-22(14)16(23)10-26-15-5-4-12(19)8-13(15)20/h4-5,8,11,14H,3,6-7,9-10H2,1-2H3,(H,21,25). The summed E-state index contributed by atoms with van der Waals surface area (Å²) in [5.41, 5.74) is 0. The van der Waals surface area contributed by atoms with E-state index in [9.17, 15) is 14.4 Å². The van der Waals surface area contributed by atoms with Gasteiger partial charge in [0.2, 0.25) is 5.91 Å². The number of rotatable bonds is 7. The first-order chi connectivity index (χ1) is 12.8. The number of nitrogens with one attached hydrogen (secondary N) is 1. The van der Waals surface area contributed by atoms with Crippen LogP contribution in [0.3, 0.4) is 0 Å². The molecule has 27 heavy (non-hydrogen) atoms. The van der Waals surface area contributed by atoms with Gasteiger partial charge in [0, 0.05) is 17.6 Å². The van der Waals surface area contributed by atoms with Crippen LogP contribution in [0.5, 0.6) is 5.75 Å². The highest BCUT2D eigenvalue weighted by atomic mass is 79.9. The van der Waals surface area contributed by atoms with Crippen molar-refractivity contribution in [3.63, 3.8) is 0 Å². The van der Waals surface area contributed by atoms with Gasteiger partial charge in [-0.25, -0.2) is 0 Å². The van der Waals surface area contributed by atoms with Gasteiger partial charge in [-0.2, -0.15) is 0 Å². The average Bonchev–Trinajstić information content (AvgIpc) is 2.62. The van der Waals surface area contributed by atoms with Crippen LogP contribution in [0.4, 0.5) is 0 Å². The number of carbonyl (C=O) groups excluding carboxylic acids is 3. The van der Waals surface area contributed by atoms with E-state index in [0.29, 0.717) is 30.3 Å². The normalized spacial score (nSPS) is 17.9. The first-order valence-corrected chi connectivity index (χ1v) is 9.83. The highest BCUT2D eigenvalue weighted by Gasteiger charge is 2.35. The van der Waals surface area contributed by atoms with E-state index < -0.39 is 17.9 Å². The molecule has 2 amide bonds. The van der Waals surface area contributed by atoms with Crippen LogP contribution in [0.1, 0.15) is 26.7 Å². The Morgan fingerprint density at radius 3 is 2.85 bits per heavy atom. The average molecular weight is 462 g/mol. The van der Waals surface area contributed by atoms with E-state index in [1.54, 1.807) is 25.1 Å². The van der Waals surface area contributed by atoms with E-state index in [1.165, 1.54) is 4.90 Å². The molecule has 0 aromatic heterocycles.